The van der Waals surface area contributed by atoms with E-state index in [1.54, 1.807) is 0 Å². The van der Waals surface area contributed by atoms with E-state index in [0.29, 0.717) is 5.02 Å². The lowest BCUT2D eigenvalue weighted by atomic mass is 9.95. The topological polar surface area (TPSA) is 38.0 Å². The van der Waals surface area contributed by atoms with Crippen molar-refractivity contribution in [1.82, 2.24) is 5.43 Å². The van der Waals surface area contributed by atoms with Crippen molar-refractivity contribution in [2.24, 2.45) is 5.84 Å². The summed E-state index contributed by atoms with van der Waals surface area (Å²) in [7, 11) is 0. The van der Waals surface area contributed by atoms with Crippen molar-refractivity contribution in [2.75, 3.05) is 0 Å². The van der Waals surface area contributed by atoms with Crippen LogP contribution in [-0.2, 0) is 0 Å². The van der Waals surface area contributed by atoms with Crippen molar-refractivity contribution in [3.05, 3.63) is 68.7 Å². The molecule has 0 bridgehead atoms. The Hall–Kier alpha value is -1.06. The van der Waals surface area contributed by atoms with Crippen LogP contribution >= 0.6 is 23.2 Å². The molecule has 1 atom stereocenters. The van der Waals surface area contributed by atoms with Gasteiger partial charge in [0.15, 0.2) is 0 Å². The first-order valence-corrected chi connectivity index (χ1v) is 6.76. The molecule has 2 aromatic rings. The third kappa shape index (κ3) is 3.10. The van der Waals surface area contributed by atoms with Crippen LogP contribution in [0.15, 0.2) is 36.4 Å². The van der Waals surface area contributed by atoms with Crippen LogP contribution in [0.5, 0.6) is 0 Å². The van der Waals surface area contributed by atoms with Gasteiger partial charge < -0.3 is 0 Å². The van der Waals surface area contributed by atoms with Gasteiger partial charge in [-0.2, -0.15) is 0 Å². The maximum absolute atomic E-state index is 6.18. The molecule has 0 aliphatic rings. The molecule has 0 saturated carbocycles. The Kier molecular flexibility index (Phi) is 4.48. The van der Waals surface area contributed by atoms with Crippen LogP contribution in [-0.4, -0.2) is 0 Å². The number of halogens is 2. The maximum Gasteiger partial charge on any atom is 0.0713 e. The molecule has 1 unspecified atom stereocenters. The number of hydrogen-bond donors (Lipinski definition) is 2. The van der Waals surface area contributed by atoms with Gasteiger partial charge in [-0.1, -0.05) is 41.4 Å². The highest BCUT2D eigenvalue weighted by Gasteiger charge is 2.15. The van der Waals surface area contributed by atoms with E-state index < -0.39 is 0 Å². The summed E-state index contributed by atoms with van der Waals surface area (Å²) in [6.07, 6.45) is 0. The summed E-state index contributed by atoms with van der Waals surface area (Å²) in [5.41, 5.74) is 7.07. The van der Waals surface area contributed by atoms with Crippen LogP contribution < -0.4 is 11.3 Å². The molecular weight excluding hydrogens is 279 g/mol. The second-order valence-corrected chi connectivity index (χ2v) is 5.45. The summed E-state index contributed by atoms with van der Waals surface area (Å²) in [6, 6.07) is 11.6. The average molecular weight is 295 g/mol. The molecular formula is C15H16Cl2N2. The van der Waals surface area contributed by atoms with Gasteiger partial charge in [0, 0.05) is 10.0 Å². The van der Waals surface area contributed by atoms with Gasteiger partial charge in [-0.3, -0.25) is 5.84 Å². The molecule has 2 nitrogen and oxygen atoms in total. The quantitative estimate of drug-likeness (QED) is 0.659. The monoisotopic (exact) mass is 294 g/mol. The van der Waals surface area contributed by atoms with E-state index in [2.05, 4.69) is 5.43 Å². The summed E-state index contributed by atoms with van der Waals surface area (Å²) >= 11 is 12.2. The van der Waals surface area contributed by atoms with Gasteiger partial charge in [0.25, 0.3) is 0 Å². The van der Waals surface area contributed by atoms with Gasteiger partial charge in [0.1, 0.15) is 0 Å². The third-order valence-electron chi connectivity index (χ3n) is 3.25. The summed E-state index contributed by atoms with van der Waals surface area (Å²) < 4.78 is 0. The Morgan fingerprint density at radius 3 is 2.32 bits per heavy atom. The first-order chi connectivity index (χ1) is 9.02. The zero-order chi connectivity index (χ0) is 14.0. The lowest BCUT2D eigenvalue weighted by molar-refractivity contribution is 0.633. The molecule has 0 aliphatic carbocycles. The molecule has 0 heterocycles. The van der Waals surface area contributed by atoms with Crippen molar-refractivity contribution in [1.29, 1.82) is 0 Å². The average Bonchev–Trinajstić information content (AvgIpc) is 2.38. The van der Waals surface area contributed by atoms with E-state index in [1.807, 2.05) is 50.2 Å². The van der Waals surface area contributed by atoms with Crippen LogP contribution in [0, 0.1) is 13.8 Å². The molecule has 4 heteroatoms. The minimum atomic E-state index is -0.128. The van der Waals surface area contributed by atoms with Crippen LogP contribution in [0.25, 0.3) is 0 Å². The number of nitrogens with one attached hydrogen (secondary N) is 1. The van der Waals surface area contributed by atoms with E-state index in [1.165, 1.54) is 0 Å². The van der Waals surface area contributed by atoms with Gasteiger partial charge >= 0.3 is 0 Å². The molecule has 0 spiro atoms. The highest BCUT2D eigenvalue weighted by molar-refractivity contribution is 6.31. The van der Waals surface area contributed by atoms with E-state index in [0.717, 1.165) is 27.3 Å². The van der Waals surface area contributed by atoms with Crippen LogP contribution in [0.2, 0.25) is 10.0 Å². The van der Waals surface area contributed by atoms with E-state index in [9.17, 15) is 0 Å². The zero-order valence-corrected chi connectivity index (χ0v) is 12.4. The smallest absolute Gasteiger partial charge is 0.0713 e. The van der Waals surface area contributed by atoms with E-state index >= 15 is 0 Å². The third-order valence-corrected chi connectivity index (χ3v) is 3.89. The first-order valence-electron chi connectivity index (χ1n) is 6.01. The molecule has 3 N–H and O–H groups in total. The normalized spacial score (nSPS) is 12.5. The van der Waals surface area contributed by atoms with E-state index in [4.69, 9.17) is 29.0 Å². The van der Waals surface area contributed by atoms with Crippen LogP contribution in [0.4, 0.5) is 0 Å². The minimum Gasteiger partial charge on any atom is -0.271 e. The summed E-state index contributed by atoms with van der Waals surface area (Å²) in [5.74, 6) is 5.71. The van der Waals surface area contributed by atoms with Gasteiger partial charge in [-0.25, -0.2) is 5.43 Å². The molecule has 0 saturated heterocycles. The molecule has 0 aromatic heterocycles. The number of rotatable bonds is 3. The lowest BCUT2D eigenvalue weighted by Crippen LogP contribution is -2.29. The van der Waals surface area contributed by atoms with Crippen molar-refractivity contribution in [2.45, 2.75) is 19.9 Å². The summed E-state index contributed by atoms with van der Waals surface area (Å²) in [5, 5.41) is 1.43. The standard InChI is InChI=1S/C15H16Cl2N2/c1-9-4-6-12(16)8-13(9)15(19-18)11-5-3-10(2)14(17)7-11/h3-8,15,19H,18H2,1-2H3. The molecule has 0 radical (unpaired) electrons. The fourth-order valence-electron chi connectivity index (χ4n) is 2.08. The Bertz CT molecular complexity index is 597. The van der Waals surface area contributed by atoms with Crippen LogP contribution in [0.3, 0.4) is 0 Å². The number of hydrogen-bond acceptors (Lipinski definition) is 2. The molecule has 100 valence electrons. The number of aryl methyl sites for hydroxylation is 2. The van der Waals surface area contributed by atoms with E-state index in [-0.39, 0.29) is 6.04 Å². The van der Waals surface area contributed by atoms with Gasteiger partial charge in [0.05, 0.1) is 6.04 Å². The highest BCUT2D eigenvalue weighted by atomic mass is 35.5. The molecule has 0 fully saturated rings. The minimum absolute atomic E-state index is 0.128. The molecule has 0 aliphatic heterocycles. The summed E-state index contributed by atoms with van der Waals surface area (Å²) in [6.45, 7) is 4.01. The number of hydrazine groups is 1. The lowest BCUT2D eigenvalue weighted by Gasteiger charge is -2.20. The van der Waals surface area contributed by atoms with Gasteiger partial charge in [0.2, 0.25) is 0 Å². The molecule has 2 rings (SSSR count). The first kappa shape index (κ1) is 14.4. The predicted octanol–water partition coefficient (Wildman–Crippen LogP) is 4.16. The fourth-order valence-corrected chi connectivity index (χ4v) is 2.45. The fraction of sp³-hybridized carbons (Fsp3) is 0.200. The Labute approximate surface area is 123 Å². The SMILES string of the molecule is Cc1ccc(C(NN)c2cc(Cl)ccc2C)cc1Cl. The zero-order valence-electron chi connectivity index (χ0n) is 10.9. The Balaban J connectivity index is 2.49. The Morgan fingerprint density at radius 1 is 1.00 bits per heavy atom. The van der Waals surface area contributed by atoms with Crippen molar-refractivity contribution >= 4 is 23.2 Å². The second kappa shape index (κ2) is 5.93. The largest absolute Gasteiger partial charge is 0.271 e. The predicted molar refractivity (Wildman–Crippen MR) is 81.5 cm³/mol. The Morgan fingerprint density at radius 2 is 1.68 bits per heavy atom. The second-order valence-electron chi connectivity index (χ2n) is 4.61. The molecule has 19 heavy (non-hydrogen) atoms. The van der Waals surface area contributed by atoms with Gasteiger partial charge in [-0.05, 0) is 54.3 Å². The van der Waals surface area contributed by atoms with Crippen molar-refractivity contribution < 1.29 is 0 Å². The number of benzene rings is 2. The van der Waals surface area contributed by atoms with Gasteiger partial charge in [-0.15, -0.1) is 0 Å². The summed E-state index contributed by atoms with van der Waals surface area (Å²) in [4.78, 5) is 0. The molecule has 0 amide bonds. The van der Waals surface area contributed by atoms with Crippen molar-refractivity contribution in [3.8, 4) is 0 Å². The number of nitrogens with two attached hydrogens (primary N) is 1. The molecule has 2 aromatic carbocycles. The maximum atomic E-state index is 6.18. The van der Waals surface area contributed by atoms with Crippen molar-refractivity contribution in [3.63, 3.8) is 0 Å². The van der Waals surface area contributed by atoms with Crippen LogP contribution in [0.1, 0.15) is 28.3 Å². The highest BCUT2D eigenvalue weighted by Crippen LogP contribution is 2.29.